The Morgan fingerprint density at radius 2 is 1.81 bits per heavy atom. The summed E-state index contributed by atoms with van der Waals surface area (Å²) in [6.45, 7) is 4.27. The van der Waals surface area contributed by atoms with Crippen molar-refractivity contribution in [3.05, 3.63) is 24.4 Å². The van der Waals surface area contributed by atoms with E-state index in [1.165, 1.54) is 12.8 Å². The quantitative estimate of drug-likeness (QED) is 0.811. The van der Waals surface area contributed by atoms with Gasteiger partial charge >= 0.3 is 0 Å². The Morgan fingerprint density at radius 1 is 1.15 bits per heavy atom. The van der Waals surface area contributed by atoms with Crippen molar-refractivity contribution in [3.8, 4) is 0 Å². The van der Waals surface area contributed by atoms with Crippen molar-refractivity contribution in [2.24, 2.45) is 0 Å². The van der Waals surface area contributed by atoms with Crippen molar-refractivity contribution in [2.75, 3.05) is 44.7 Å². The van der Waals surface area contributed by atoms with Crippen molar-refractivity contribution < 1.29 is 4.79 Å². The van der Waals surface area contributed by atoms with Gasteiger partial charge in [-0.1, -0.05) is 6.07 Å². The average molecular weight is 416 g/mol. The lowest BCUT2D eigenvalue weighted by atomic mass is 9.98. The van der Waals surface area contributed by atoms with Gasteiger partial charge in [0.2, 0.25) is 5.91 Å². The fraction of sp³-hybridized carbons (Fsp3) is 0.684. The fourth-order valence-corrected chi connectivity index (χ4v) is 4.53. The van der Waals surface area contributed by atoms with Crippen molar-refractivity contribution in [1.29, 1.82) is 0 Å². The van der Waals surface area contributed by atoms with Gasteiger partial charge in [0.05, 0.1) is 6.54 Å². The lowest BCUT2D eigenvalue weighted by Crippen LogP contribution is -2.53. The zero-order valence-corrected chi connectivity index (χ0v) is 17.6. The van der Waals surface area contributed by atoms with Gasteiger partial charge in [0.15, 0.2) is 0 Å². The van der Waals surface area contributed by atoms with E-state index in [0.29, 0.717) is 24.7 Å². The van der Waals surface area contributed by atoms with Crippen molar-refractivity contribution in [1.82, 2.24) is 20.1 Å². The Balaban J connectivity index is 0.00000131. The molecule has 1 N–H and O–H groups in total. The molecular weight excluding hydrogens is 385 g/mol. The van der Waals surface area contributed by atoms with Crippen LogP contribution in [0.15, 0.2) is 24.4 Å². The maximum absolute atomic E-state index is 12.7. The van der Waals surface area contributed by atoms with E-state index in [9.17, 15) is 4.79 Å². The van der Waals surface area contributed by atoms with Crippen LogP contribution >= 0.6 is 24.8 Å². The second-order valence-corrected chi connectivity index (χ2v) is 7.72. The molecule has 4 rings (SSSR count). The van der Waals surface area contributed by atoms with Crippen molar-refractivity contribution in [3.63, 3.8) is 0 Å². The highest BCUT2D eigenvalue weighted by atomic mass is 35.5. The van der Waals surface area contributed by atoms with Gasteiger partial charge in [0, 0.05) is 57.5 Å². The normalized spacial score (nSPS) is 27.4. The molecule has 1 aromatic heterocycles. The van der Waals surface area contributed by atoms with Crippen LogP contribution in [0.2, 0.25) is 0 Å². The zero-order valence-electron chi connectivity index (χ0n) is 15.9. The first-order valence-corrected chi connectivity index (χ1v) is 9.59. The van der Waals surface area contributed by atoms with Gasteiger partial charge in [0.25, 0.3) is 0 Å². The molecule has 2 unspecified atom stereocenters. The molecule has 3 fully saturated rings. The molecule has 8 heteroatoms. The lowest BCUT2D eigenvalue weighted by molar-refractivity contribution is -0.134. The maximum Gasteiger partial charge on any atom is 0.236 e. The van der Waals surface area contributed by atoms with E-state index in [0.717, 1.165) is 44.8 Å². The van der Waals surface area contributed by atoms with Crippen LogP contribution in [-0.2, 0) is 4.79 Å². The second kappa shape index (κ2) is 9.92. The number of piperidine rings is 1. The molecule has 3 aliphatic heterocycles. The molecule has 0 spiro atoms. The monoisotopic (exact) mass is 415 g/mol. The molecule has 0 radical (unpaired) electrons. The Bertz CT molecular complexity index is 585. The zero-order chi connectivity index (χ0) is 17.2. The highest BCUT2D eigenvalue weighted by molar-refractivity contribution is 5.85. The average Bonchev–Trinajstić information content (AvgIpc) is 3.00. The highest BCUT2D eigenvalue weighted by Gasteiger charge is 2.36. The van der Waals surface area contributed by atoms with Crippen LogP contribution in [0.1, 0.15) is 25.7 Å². The number of halogens is 2. The number of likely N-dealkylation sites (N-methyl/N-ethyl adjacent to an activating group) is 1. The Labute approximate surface area is 174 Å². The van der Waals surface area contributed by atoms with E-state index >= 15 is 0 Å². The number of piperazine rings is 1. The highest BCUT2D eigenvalue weighted by Crippen LogP contribution is 2.29. The largest absolute Gasteiger partial charge is 0.354 e. The molecule has 0 aliphatic carbocycles. The van der Waals surface area contributed by atoms with Crippen LogP contribution in [0.5, 0.6) is 0 Å². The van der Waals surface area contributed by atoms with Crippen molar-refractivity contribution in [2.45, 2.75) is 43.8 Å². The number of nitrogens with one attached hydrogen (secondary N) is 1. The number of carbonyl (C=O) groups excluding carboxylic acids is 1. The molecule has 6 nitrogen and oxygen atoms in total. The van der Waals surface area contributed by atoms with Crippen molar-refractivity contribution >= 4 is 36.5 Å². The summed E-state index contributed by atoms with van der Waals surface area (Å²) < 4.78 is 0. The third-order valence-electron chi connectivity index (χ3n) is 6.09. The lowest BCUT2D eigenvalue weighted by Gasteiger charge is -2.38. The number of nitrogens with zero attached hydrogens (tertiary/aromatic N) is 4. The van der Waals surface area contributed by atoms with Crippen LogP contribution in [0.4, 0.5) is 5.82 Å². The number of fused-ring (bicyclic) bond motifs is 2. The smallest absolute Gasteiger partial charge is 0.236 e. The summed E-state index contributed by atoms with van der Waals surface area (Å²) in [5, 5.41) is 3.66. The third-order valence-corrected chi connectivity index (χ3v) is 6.09. The summed E-state index contributed by atoms with van der Waals surface area (Å²) in [6, 6.07) is 7.70. The van der Waals surface area contributed by atoms with Crippen LogP contribution in [0, 0.1) is 0 Å². The molecule has 1 amide bonds. The Hall–Kier alpha value is -1.08. The van der Waals surface area contributed by atoms with Gasteiger partial charge in [0.1, 0.15) is 5.82 Å². The number of anilines is 1. The summed E-state index contributed by atoms with van der Waals surface area (Å²) in [5.74, 6) is 1.31. The first-order valence-electron chi connectivity index (χ1n) is 9.59. The third kappa shape index (κ3) is 5.25. The van der Waals surface area contributed by atoms with Crippen LogP contribution in [-0.4, -0.2) is 78.6 Å². The van der Waals surface area contributed by atoms with E-state index in [-0.39, 0.29) is 30.7 Å². The van der Waals surface area contributed by atoms with Gasteiger partial charge in [-0.25, -0.2) is 4.98 Å². The standard InChI is InChI=1S/C19H29N5O.2ClH/c1-22(17-12-15-5-6-16(13-17)21-15)19(25)14-23-8-10-24(11-9-23)18-4-2-3-7-20-18;;/h2-4,7,15-17,21H,5-6,8-14H2,1H3;2*1H. The Morgan fingerprint density at radius 3 is 2.41 bits per heavy atom. The minimum absolute atomic E-state index is 0. The number of rotatable bonds is 4. The number of hydrogen-bond donors (Lipinski definition) is 1. The molecule has 2 atom stereocenters. The molecule has 4 heterocycles. The predicted octanol–water partition coefficient (Wildman–Crippen LogP) is 1.79. The van der Waals surface area contributed by atoms with Crippen LogP contribution < -0.4 is 10.2 Å². The second-order valence-electron chi connectivity index (χ2n) is 7.72. The van der Waals surface area contributed by atoms with Gasteiger partial charge in [-0.15, -0.1) is 24.8 Å². The van der Waals surface area contributed by atoms with E-state index in [1.807, 2.05) is 30.3 Å². The topological polar surface area (TPSA) is 51.7 Å². The Kier molecular flexibility index (Phi) is 8.16. The number of hydrogen-bond acceptors (Lipinski definition) is 5. The van der Waals surface area contributed by atoms with Crippen LogP contribution in [0.25, 0.3) is 0 Å². The SMILES string of the molecule is CN(C(=O)CN1CCN(c2ccccn2)CC1)C1CC2CCC(C1)N2.Cl.Cl. The summed E-state index contributed by atoms with van der Waals surface area (Å²) in [7, 11) is 2.00. The number of pyridine rings is 1. The predicted molar refractivity (Wildman–Crippen MR) is 113 cm³/mol. The molecule has 0 saturated carbocycles. The molecule has 3 saturated heterocycles. The summed E-state index contributed by atoms with van der Waals surface area (Å²) >= 11 is 0. The fourth-order valence-electron chi connectivity index (χ4n) is 4.53. The van der Waals surface area contributed by atoms with E-state index < -0.39 is 0 Å². The minimum Gasteiger partial charge on any atom is -0.354 e. The molecule has 1 aromatic rings. The summed E-state index contributed by atoms with van der Waals surface area (Å²) in [5.41, 5.74) is 0. The van der Waals surface area contributed by atoms with E-state index in [1.54, 1.807) is 0 Å². The van der Waals surface area contributed by atoms with Gasteiger partial charge < -0.3 is 15.1 Å². The van der Waals surface area contributed by atoms with E-state index in [2.05, 4.69) is 26.2 Å². The first-order chi connectivity index (χ1) is 12.2. The molecule has 0 aromatic carbocycles. The molecule has 2 bridgehead atoms. The number of aromatic nitrogens is 1. The number of amides is 1. The van der Waals surface area contributed by atoms with Gasteiger partial charge in [-0.3, -0.25) is 9.69 Å². The minimum atomic E-state index is 0. The molecular formula is C19H31Cl2N5O. The van der Waals surface area contributed by atoms with Gasteiger partial charge in [-0.05, 0) is 37.8 Å². The summed E-state index contributed by atoms with van der Waals surface area (Å²) in [6.07, 6.45) is 6.63. The van der Waals surface area contributed by atoms with Crippen LogP contribution in [0.3, 0.4) is 0 Å². The molecule has 152 valence electrons. The molecule has 3 aliphatic rings. The van der Waals surface area contributed by atoms with Gasteiger partial charge in [-0.2, -0.15) is 0 Å². The number of carbonyl (C=O) groups is 1. The summed E-state index contributed by atoms with van der Waals surface area (Å²) in [4.78, 5) is 23.8. The maximum atomic E-state index is 12.7. The molecule has 27 heavy (non-hydrogen) atoms. The van der Waals surface area contributed by atoms with E-state index in [4.69, 9.17) is 0 Å². The first kappa shape index (κ1) is 22.2.